The topological polar surface area (TPSA) is 92.4 Å². The molecule has 0 aromatic heterocycles. The van der Waals surface area contributed by atoms with Gasteiger partial charge in [0, 0.05) is 13.0 Å². The van der Waals surface area contributed by atoms with Gasteiger partial charge in [0.25, 0.3) is 0 Å². The Morgan fingerprint density at radius 3 is 2.45 bits per heavy atom. The van der Waals surface area contributed by atoms with E-state index in [0.29, 0.717) is 12.1 Å². The molecule has 5 nitrogen and oxygen atoms in total. The van der Waals surface area contributed by atoms with Gasteiger partial charge in [-0.25, -0.2) is 4.39 Å². The minimum absolute atomic E-state index is 0.0929. The number of benzene rings is 1. The molecule has 122 valence electrons. The van der Waals surface area contributed by atoms with Crippen LogP contribution in [0.1, 0.15) is 24.0 Å². The van der Waals surface area contributed by atoms with Crippen LogP contribution in [-0.2, 0) is 22.3 Å². The maximum absolute atomic E-state index is 13.1. The zero-order valence-electron chi connectivity index (χ0n) is 11.3. The molecule has 0 aliphatic heterocycles. The van der Waals surface area contributed by atoms with E-state index >= 15 is 0 Å². The molecule has 1 rings (SSSR count). The summed E-state index contributed by atoms with van der Waals surface area (Å²) in [4.78, 5) is 21.6. The van der Waals surface area contributed by atoms with Crippen molar-refractivity contribution in [3.05, 3.63) is 35.1 Å². The van der Waals surface area contributed by atoms with Crippen LogP contribution >= 0.6 is 0 Å². The van der Waals surface area contributed by atoms with Gasteiger partial charge in [0.05, 0.1) is 11.6 Å². The van der Waals surface area contributed by atoms with Crippen LogP contribution in [0.2, 0.25) is 0 Å². The number of rotatable bonds is 7. The highest BCUT2D eigenvalue weighted by Crippen LogP contribution is 2.31. The number of halogens is 4. The van der Waals surface area contributed by atoms with E-state index in [1.54, 1.807) is 0 Å². The number of hydrogen-bond donors (Lipinski definition) is 3. The third-order valence-electron chi connectivity index (χ3n) is 2.88. The van der Waals surface area contributed by atoms with Crippen molar-refractivity contribution in [2.24, 2.45) is 5.73 Å². The van der Waals surface area contributed by atoms with Crippen molar-refractivity contribution in [3.8, 4) is 0 Å². The van der Waals surface area contributed by atoms with Gasteiger partial charge in [0.1, 0.15) is 5.82 Å². The van der Waals surface area contributed by atoms with Crippen molar-refractivity contribution >= 4 is 11.9 Å². The van der Waals surface area contributed by atoms with E-state index in [-0.39, 0.29) is 24.9 Å². The van der Waals surface area contributed by atoms with Crippen LogP contribution in [-0.4, -0.2) is 23.0 Å². The monoisotopic (exact) mass is 322 g/mol. The largest absolute Gasteiger partial charge is 0.481 e. The van der Waals surface area contributed by atoms with Gasteiger partial charge in [-0.05, 0) is 24.1 Å². The first-order valence-corrected chi connectivity index (χ1v) is 6.21. The molecule has 0 saturated heterocycles. The first-order chi connectivity index (χ1) is 10.1. The molecule has 0 fully saturated rings. The fourth-order valence-corrected chi connectivity index (χ4v) is 1.75. The average molecular weight is 322 g/mol. The van der Waals surface area contributed by atoms with Gasteiger partial charge in [0.2, 0.25) is 5.91 Å². The molecule has 1 atom stereocenters. The third-order valence-corrected chi connectivity index (χ3v) is 2.88. The summed E-state index contributed by atoms with van der Waals surface area (Å²) < 4.78 is 50.8. The molecule has 0 bridgehead atoms. The van der Waals surface area contributed by atoms with Crippen LogP contribution in [0.3, 0.4) is 0 Å². The lowest BCUT2D eigenvalue weighted by Crippen LogP contribution is -2.41. The Balaban J connectivity index is 2.77. The zero-order chi connectivity index (χ0) is 16.9. The minimum atomic E-state index is -4.83. The van der Waals surface area contributed by atoms with Gasteiger partial charge in [-0.1, -0.05) is 6.07 Å². The zero-order valence-corrected chi connectivity index (χ0v) is 11.3. The summed E-state index contributed by atoms with van der Waals surface area (Å²) in [6, 6.07) is 1.43. The van der Waals surface area contributed by atoms with Crippen molar-refractivity contribution in [3.63, 3.8) is 0 Å². The summed E-state index contributed by atoms with van der Waals surface area (Å²) in [5, 5.41) is 11.1. The summed E-state index contributed by atoms with van der Waals surface area (Å²) in [6.45, 7) is -0.184. The quantitative estimate of drug-likeness (QED) is 0.666. The molecule has 1 aromatic rings. The summed E-state index contributed by atoms with van der Waals surface area (Å²) in [5.41, 5.74) is 3.76. The Morgan fingerprint density at radius 2 is 1.95 bits per heavy atom. The van der Waals surface area contributed by atoms with Crippen LogP contribution in [0.25, 0.3) is 0 Å². The fraction of sp³-hybridized carbons (Fsp3) is 0.385. The van der Waals surface area contributed by atoms with Crippen LogP contribution in [0, 0.1) is 5.82 Å². The van der Waals surface area contributed by atoms with E-state index in [1.165, 1.54) is 0 Å². The second-order valence-corrected chi connectivity index (χ2v) is 4.58. The van der Waals surface area contributed by atoms with E-state index < -0.39 is 35.5 Å². The molecule has 0 spiro atoms. The van der Waals surface area contributed by atoms with Crippen LogP contribution < -0.4 is 11.1 Å². The SMILES string of the molecule is NC(=O)[C@H](CCC(=O)O)NCc1ccc(F)c(C(F)(F)F)c1. The van der Waals surface area contributed by atoms with E-state index in [1.807, 2.05) is 0 Å². The van der Waals surface area contributed by atoms with Gasteiger partial charge < -0.3 is 16.2 Å². The van der Waals surface area contributed by atoms with Crippen molar-refractivity contribution < 1.29 is 32.3 Å². The Hall–Kier alpha value is -2.16. The van der Waals surface area contributed by atoms with E-state index in [4.69, 9.17) is 10.8 Å². The standard InChI is InChI=1S/C13H14F4N2O3/c14-9-2-1-7(5-8(9)13(15,16)17)6-19-10(12(18)22)3-4-11(20)21/h1-2,5,10,19H,3-4,6H2,(H2,18,22)(H,20,21)/t10-/m0/s1. The molecule has 0 aliphatic rings. The van der Waals surface area contributed by atoms with E-state index in [2.05, 4.69) is 5.32 Å². The number of carboxylic acid groups (broad SMARTS) is 1. The van der Waals surface area contributed by atoms with Crippen LogP contribution in [0.4, 0.5) is 17.6 Å². The fourth-order valence-electron chi connectivity index (χ4n) is 1.75. The molecule has 4 N–H and O–H groups in total. The number of alkyl halides is 3. The highest BCUT2D eigenvalue weighted by molar-refractivity contribution is 5.80. The number of nitrogens with one attached hydrogen (secondary N) is 1. The number of primary amides is 1. The Labute approximate surface area is 123 Å². The number of carbonyl (C=O) groups excluding carboxylic acids is 1. The van der Waals surface area contributed by atoms with Gasteiger partial charge in [-0.2, -0.15) is 13.2 Å². The molecule has 1 amide bonds. The second-order valence-electron chi connectivity index (χ2n) is 4.58. The molecule has 0 unspecified atom stereocenters. The van der Waals surface area contributed by atoms with Crippen molar-refractivity contribution in [1.82, 2.24) is 5.32 Å². The predicted octanol–water partition coefficient (Wildman–Crippen LogP) is 1.65. The number of nitrogens with two attached hydrogens (primary N) is 1. The number of carboxylic acids is 1. The number of carbonyl (C=O) groups is 2. The van der Waals surface area contributed by atoms with Crippen LogP contribution in [0.15, 0.2) is 18.2 Å². The lowest BCUT2D eigenvalue weighted by molar-refractivity contribution is -0.140. The number of amides is 1. The summed E-state index contributed by atoms with van der Waals surface area (Å²) >= 11 is 0. The minimum Gasteiger partial charge on any atom is -0.481 e. The molecule has 0 saturated carbocycles. The Bertz CT molecular complexity index is 561. The average Bonchev–Trinajstić information content (AvgIpc) is 2.38. The number of aliphatic carboxylic acids is 1. The molecule has 0 aliphatic carbocycles. The summed E-state index contributed by atoms with van der Waals surface area (Å²) in [7, 11) is 0. The molecule has 1 aromatic carbocycles. The first-order valence-electron chi connectivity index (χ1n) is 6.21. The van der Waals surface area contributed by atoms with Gasteiger partial charge in [-0.15, -0.1) is 0 Å². The van der Waals surface area contributed by atoms with Crippen molar-refractivity contribution in [1.29, 1.82) is 0 Å². The molecule has 9 heteroatoms. The number of hydrogen-bond acceptors (Lipinski definition) is 3. The smallest absolute Gasteiger partial charge is 0.419 e. The maximum atomic E-state index is 13.1. The molecule has 0 heterocycles. The third kappa shape index (κ3) is 5.32. The van der Waals surface area contributed by atoms with Crippen molar-refractivity contribution in [2.45, 2.75) is 31.6 Å². The first kappa shape index (κ1) is 17.9. The van der Waals surface area contributed by atoms with Gasteiger partial charge in [-0.3, -0.25) is 9.59 Å². The second kappa shape index (κ2) is 7.21. The van der Waals surface area contributed by atoms with E-state index in [0.717, 1.165) is 6.07 Å². The summed E-state index contributed by atoms with van der Waals surface area (Å²) in [6.07, 6.45) is -5.25. The highest BCUT2D eigenvalue weighted by atomic mass is 19.4. The lowest BCUT2D eigenvalue weighted by Gasteiger charge is -2.15. The molecule has 22 heavy (non-hydrogen) atoms. The lowest BCUT2D eigenvalue weighted by atomic mass is 10.1. The van der Waals surface area contributed by atoms with E-state index in [9.17, 15) is 27.2 Å². The van der Waals surface area contributed by atoms with Crippen molar-refractivity contribution in [2.75, 3.05) is 0 Å². The highest BCUT2D eigenvalue weighted by Gasteiger charge is 2.34. The van der Waals surface area contributed by atoms with Crippen LogP contribution in [0.5, 0.6) is 0 Å². The normalized spacial score (nSPS) is 12.9. The molecular formula is C13H14F4N2O3. The summed E-state index contributed by atoms with van der Waals surface area (Å²) in [5.74, 6) is -3.35. The molecule has 0 radical (unpaired) electrons. The van der Waals surface area contributed by atoms with Gasteiger partial charge in [0.15, 0.2) is 0 Å². The maximum Gasteiger partial charge on any atom is 0.419 e. The van der Waals surface area contributed by atoms with Gasteiger partial charge >= 0.3 is 12.1 Å². The molecular weight excluding hydrogens is 308 g/mol. The Kier molecular flexibility index (Phi) is 5.86. The Morgan fingerprint density at radius 1 is 1.32 bits per heavy atom. The predicted molar refractivity (Wildman–Crippen MR) is 68.1 cm³/mol.